The van der Waals surface area contributed by atoms with Crippen molar-refractivity contribution in [1.82, 2.24) is 10.3 Å². The number of carbonyl (C=O) groups excluding carboxylic acids is 1. The van der Waals surface area contributed by atoms with Gasteiger partial charge in [0, 0.05) is 17.4 Å². The van der Waals surface area contributed by atoms with Gasteiger partial charge in [0.2, 0.25) is 0 Å². The number of hydrogen-bond donors (Lipinski definition) is 2. The Labute approximate surface area is 129 Å². The molecule has 3 aromatic rings. The monoisotopic (exact) mass is 294 g/mol. The Kier molecular flexibility index (Phi) is 3.83. The van der Waals surface area contributed by atoms with Crippen molar-refractivity contribution < 1.29 is 9.53 Å². The summed E-state index contributed by atoms with van der Waals surface area (Å²) in [5.74, 6) is 0.661. The van der Waals surface area contributed by atoms with Crippen LogP contribution in [0.1, 0.15) is 21.6 Å². The van der Waals surface area contributed by atoms with E-state index in [1.165, 1.54) is 5.56 Å². The fraction of sp³-hybridized carbons (Fsp3) is 0.167. The number of ether oxygens (including phenoxy) is 1. The lowest BCUT2D eigenvalue weighted by atomic mass is 10.1. The predicted molar refractivity (Wildman–Crippen MR) is 87.2 cm³/mol. The highest BCUT2D eigenvalue weighted by molar-refractivity contribution is 5.98. The summed E-state index contributed by atoms with van der Waals surface area (Å²) < 4.78 is 5.19. The number of aromatic amines is 1. The van der Waals surface area contributed by atoms with Crippen molar-refractivity contribution in [3.63, 3.8) is 0 Å². The first-order valence-electron chi connectivity index (χ1n) is 7.16. The molecule has 1 aromatic heterocycles. The average Bonchev–Trinajstić information content (AvgIpc) is 2.97. The smallest absolute Gasteiger partial charge is 0.267 e. The molecule has 0 saturated heterocycles. The van der Waals surface area contributed by atoms with Gasteiger partial charge in [-0.3, -0.25) is 4.79 Å². The number of aryl methyl sites for hydroxylation is 1. The predicted octanol–water partition coefficient (Wildman–Crippen LogP) is 3.41. The third-order valence-corrected chi connectivity index (χ3v) is 3.65. The number of benzene rings is 2. The summed E-state index contributed by atoms with van der Waals surface area (Å²) >= 11 is 0. The zero-order valence-electron chi connectivity index (χ0n) is 12.6. The molecule has 0 spiro atoms. The molecule has 0 saturated carbocycles. The highest BCUT2D eigenvalue weighted by Crippen LogP contribution is 2.21. The molecule has 0 fully saturated rings. The van der Waals surface area contributed by atoms with Crippen LogP contribution in [0.4, 0.5) is 0 Å². The summed E-state index contributed by atoms with van der Waals surface area (Å²) in [6.07, 6.45) is 0. The van der Waals surface area contributed by atoms with E-state index in [1.54, 1.807) is 7.11 Å². The van der Waals surface area contributed by atoms with Crippen LogP contribution in [-0.2, 0) is 6.54 Å². The van der Waals surface area contributed by atoms with E-state index >= 15 is 0 Å². The number of H-pyrrole nitrogens is 1. The van der Waals surface area contributed by atoms with E-state index in [2.05, 4.69) is 10.3 Å². The minimum absolute atomic E-state index is 0.115. The number of amides is 1. The van der Waals surface area contributed by atoms with Gasteiger partial charge in [0.05, 0.1) is 7.11 Å². The lowest BCUT2D eigenvalue weighted by molar-refractivity contribution is 0.0947. The molecule has 0 aliphatic carbocycles. The van der Waals surface area contributed by atoms with Crippen molar-refractivity contribution in [2.24, 2.45) is 0 Å². The second-order valence-electron chi connectivity index (χ2n) is 5.30. The second kappa shape index (κ2) is 5.93. The SMILES string of the molecule is COc1ccc2[nH]c(C(=O)NCc3ccc(C)cc3)cc2c1. The molecule has 0 aliphatic rings. The molecule has 3 rings (SSSR count). The molecule has 2 N–H and O–H groups in total. The quantitative estimate of drug-likeness (QED) is 0.774. The van der Waals surface area contributed by atoms with Crippen molar-refractivity contribution in [1.29, 1.82) is 0 Å². The van der Waals surface area contributed by atoms with E-state index in [4.69, 9.17) is 4.74 Å². The molecule has 1 heterocycles. The topological polar surface area (TPSA) is 54.1 Å². The lowest BCUT2D eigenvalue weighted by Gasteiger charge is -2.04. The van der Waals surface area contributed by atoms with Crippen LogP contribution in [0, 0.1) is 6.92 Å². The van der Waals surface area contributed by atoms with E-state index in [0.717, 1.165) is 22.2 Å². The van der Waals surface area contributed by atoms with Gasteiger partial charge in [-0.2, -0.15) is 0 Å². The maximum absolute atomic E-state index is 12.2. The van der Waals surface area contributed by atoms with E-state index in [9.17, 15) is 4.79 Å². The zero-order chi connectivity index (χ0) is 15.5. The number of methoxy groups -OCH3 is 1. The Balaban J connectivity index is 1.73. The molecule has 1 amide bonds. The third kappa shape index (κ3) is 2.96. The molecule has 112 valence electrons. The van der Waals surface area contributed by atoms with Gasteiger partial charge >= 0.3 is 0 Å². The van der Waals surface area contributed by atoms with Crippen LogP contribution in [0.25, 0.3) is 10.9 Å². The number of hydrogen-bond acceptors (Lipinski definition) is 2. The summed E-state index contributed by atoms with van der Waals surface area (Å²) in [4.78, 5) is 15.4. The van der Waals surface area contributed by atoms with Crippen LogP contribution in [0.15, 0.2) is 48.5 Å². The minimum Gasteiger partial charge on any atom is -0.497 e. The summed E-state index contributed by atoms with van der Waals surface area (Å²) in [6.45, 7) is 2.55. The minimum atomic E-state index is -0.115. The van der Waals surface area contributed by atoms with Crippen molar-refractivity contribution in [3.8, 4) is 5.75 Å². The molecular formula is C18H18N2O2. The van der Waals surface area contributed by atoms with E-state index in [-0.39, 0.29) is 5.91 Å². The molecule has 4 heteroatoms. The first-order chi connectivity index (χ1) is 10.7. The maximum Gasteiger partial charge on any atom is 0.267 e. The molecule has 22 heavy (non-hydrogen) atoms. The van der Waals surface area contributed by atoms with Gasteiger partial charge in [0.1, 0.15) is 11.4 Å². The van der Waals surface area contributed by atoms with Crippen molar-refractivity contribution in [2.75, 3.05) is 7.11 Å². The van der Waals surface area contributed by atoms with Gasteiger partial charge < -0.3 is 15.0 Å². The van der Waals surface area contributed by atoms with Gasteiger partial charge in [0.15, 0.2) is 0 Å². The standard InChI is InChI=1S/C18H18N2O2/c1-12-3-5-13(6-4-12)11-19-18(21)17-10-14-9-15(22-2)7-8-16(14)20-17/h3-10,20H,11H2,1-2H3,(H,19,21). The highest BCUT2D eigenvalue weighted by Gasteiger charge is 2.09. The fourth-order valence-corrected chi connectivity index (χ4v) is 2.34. The normalized spacial score (nSPS) is 10.6. The van der Waals surface area contributed by atoms with Crippen LogP contribution in [0.5, 0.6) is 5.75 Å². The molecule has 0 atom stereocenters. The first-order valence-corrected chi connectivity index (χ1v) is 7.16. The van der Waals surface area contributed by atoms with E-state index < -0.39 is 0 Å². The van der Waals surface area contributed by atoms with Crippen molar-refractivity contribution >= 4 is 16.8 Å². The Morgan fingerprint density at radius 1 is 1.14 bits per heavy atom. The Morgan fingerprint density at radius 3 is 2.64 bits per heavy atom. The van der Waals surface area contributed by atoms with Crippen LogP contribution in [-0.4, -0.2) is 18.0 Å². The maximum atomic E-state index is 12.2. The third-order valence-electron chi connectivity index (χ3n) is 3.65. The summed E-state index contributed by atoms with van der Waals surface area (Å²) in [5, 5.41) is 3.88. The van der Waals surface area contributed by atoms with E-state index in [1.807, 2.05) is 55.5 Å². The Bertz CT molecular complexity index is 804. The van der Waals surface area contributed by atoms with Gasteiger partial charge in [0.25, 0.3) is 5.91 Å². The Hall–Kier alpha value is -2.75. The summed E-state index contributed by atoms with van der Waals surface area (Å²) in [7, 11) is 1.63. The molecule has 4 nitrogen and oxygen atoms in total. The number of aromatic nitrogens is 1. The molecule has 0 radical (unpaired) electrons. The number of rotatable bonds is 4. The Morgan fingerprint density at radius 2 is 1.91 bits per heavy atom. The lowest BCUT2D eigenvalue weighted by Crippen LogP contribution is -2.23. The summed E-state index contributed by atoms with van der Waals surface area (Å²) in [6, 6.07) is 15.6. The van der Waals surface area contributed by atoms with Crippen LogP contribution >= 0.6 is 0 Å². The largest absolute Gasteiger partial charge is 0.497 e. The fourth-order valence-electron chi connectivity index (χ4n) is 2.34. The molecule has 0 aliphatic heterocycles. The van der Waals surface area contributed by atoms with Gasteiger partial charge in [-0.1, -0.05) is 29.8 Å². The van der Waals surface area contributed by atoms with Crippen LogP contribution < -0.4 is 10.1 Å². The molecule has 2 aromatic carbocycles. The van der Waals surface area contributed by atoms with Gasteiger partial charge in [-0.15, -0.1) is 0 Å². The molecule has 0 bridgehead atoms. The highest BCUT2D eigenvalue weighted by atomic mass is 16.5. The van der Waals surface area contributed by atoms with Crippen molar-refractivity contribution in [2.45, 2.75) is 13.5 Å². The van der Waals surface area contributed by atoms with Crippen molar-refractivity contribution in [3.05, 3.63) is 65.4 Å². The molecular weight excluding hydrogens is 276 g/mol. The second-order valence-corrected chi connectivity index (χ2v) is 5.30. The molecule has 0 unspecified atom stereocenters. The van der Waals surface area contributed by atoms with Crippen LogP contribution in [0.3, 0.4) is 0 Å². The van der Waals surface area contributed by atoms with Crippen LogP contribution in [0.2, 0.25) is 0 Å². The number of fused-ring (bicyclic) bond motifs is 1. The van der Waals surface area contributed by atoms with E-state index in [0.29, 0.717) is 12.2 Å². The number of carbonyl (C=O) groups is 1. The van der Waals surface area contributed by atoms with Gasteiger partial charge in [-0.05, 0) is 36.8 Å². The first kappa shape index (κ1) is 14.2. The zero-order valence-corrected chi connectivity index (χ0v) is 12.6. The summed E-state index contributed by atoms with van der Waals surface area (Å²) in [5.41, 5.74) is 3.76. The number of nitrogens with one attached hydrogen (secondary N) is 2. The van der Waals surface area contributed by atoms with Gasteiger partial charge in [-0.25, -0.2) is 0 Å². The average molecular weight is 294 g/mol.